The van der Waals surface area contributed by atoms with Gasteiger partial charge in [0.15, 0.2) is 0 Å². The Hall–Kier alpha value is -0.830. The number of alkyl halides is 1. The SMILES string of the molecule is CCCC(C)COc1ncc(F)cc1CCl. The van der Waals surface area contributed by atoms with Crippen LogP contribution in [0.15, 0.2) is 12.3 Å². The van der Waals surface area contributed by atoms with Gasteiger partial charge in [0.1, 0.15) is 5.82 Å². The summed E-state index contributed by atoms with van der Waals surface area (Å²) in [5.41, 5.74) is 0.602. The third-order valence-corrected chi connectivity index (χ3v) is 2.61. The third kappa shape index (κ3) is 3.97. The van der Waals surface area contributed by atoms with Gasteiger partial charge in [0.25, 0.3) is 0 Å². The smallest absolute Gasteiger partial charge is 0.217 e. The summed E-state index contributed by atoms with van der Waals surface area (Å²) in [6.07, 6.45) is 3.39. The van der Waals surface area contributed by atoms with E-state index in [0.717, 1.165) is 19.0 Å². The van der Waals surface area contributed by atoms with Gasteiger partial charge in [-0.1, -0.05) is 20.3 Å². The Morgan fingerprint density at radius 1 is 1.56 bits per heavy atom. The van der Waals surface area contributed by atoms with Crippen LogP contribution in [-0.4, -0.2) is 11.6 Å². The standard InChI is InChI=1S/C12H17ClFNO/c1-3-4-9(2)8-16-12-10(6-13)5-11(14)7-15-12/h5,7,9H,3-4,6,8H2,1-2H3. The Bertz CT molecular complexity index is 333. The van der Waals surface area contributed by atoms with E-state index in [1.54, 1.807) is 0 Å². The van der Waals surface area contributed by atoms with Gasteiger partial charge in [-0.25, -0.2) is 9.37 Å². The molecule has 0 aliphatic rings. The molecule has 1 aromatic rings. The summed E-state index contributed by atoms with van der Waals surface area (Å²) < 4.78 is 18.4. The van der Waals surface area contributed by atoms with Crippen LogP contribution in [0.2, 0.25) is 0 Å². The number of aromatic nitrogens is 1. The van der Waals surface area contributed by atoms with Crippen LogP contribution in [0.3, 0.4) is 0 Å². The second-order valence-corrected chi connectivity index (χ2v) is 4.22. The van der Waals surface area contributed by atoms with E-state index >= 15 is 0 Å². The molecule has 0 spiro atoms. The van der Waals surface area contributed by atoms with Crippen LogP contribution in [0.1, 0.15) is 32.3 Å². The van der Waals surface area contributed by atoms with E-state index in [9.17, 15) is 4.39 Å². The van der Waals surface area contributed by atoms with Crippen molar-refractivity contribution in [3.63, 3.8) is 0 Å². The van der Waals surface area contributed by atoms with Crippen LogP contribution < -0.4 is 4.74 Å². The van der Waals surface area contributed by atoms with Crippen LogP contribution in [0.4, 0.5) is 4.39 Å². The van der Waals surface area contributed by atoms with Gasteiger partial charge in [0, 0.05) is 5.56 Å². The summed E-state index contributed by atoms with van der Waals surface area (Å²) in [6.45, 7) is 4.85. The van der Waals surface area contributed by atoms with Gasteiger partial charge in [-0.15, -0.1) is 11.6 Å². The van der Waals surface area contributed by atoms with Gasteiger partial charge in [-0.05, 0) is 18.4 Å². The van der Waals surface area contributed by atoms with E-state index < -0.39 is 0 Å². The number of pyridine rings is 1. The molecule has 0 fully saturated rings. The number of hydrogen-bond acceptors (Lipinski definition) is 2. The molecule has 0 aromatic carbocycles. The number of halogens is 2. The zero-order valence-corrected chi connectivity index (χ0v) is 10.4. The molecule has 0 aliphatic heterocycles. The summed E-state index contributed by atoms with van der Waals surface area (Å²) in [7, 11) is 0. The first-order valence-electron chi connectivity index (χ1n) is 5.50. The normalized spacial score (nSPS) is 12.5. The number of ether oxygens (including phenoxy) is 1. The average molecular weight is 246 g/mol. The lowest BCUT2D eigenvalue weighted by Crippen LogP contribution is -2.10. The predicted molar refractivity (Wildman–Crippen MR) is 63.3 cm³/mol. The highest BCUT2D eigenvalue weighted by Crippen LogP contribution is 2.19. The van der Waals surface area contributed by atoms with Crippen LogP contribution in [0.25, 0.3) is 0 Å². The fourth-order valence-corrected chi connectivity index (χ4v) is 1.68. The summed E-state index contributed by atoms with van der Waals surface area (Å²) >= 11 is 5.69. The highest BCUT2D eigenvalue weighted by atomic mass is 35.5. The predicted octanol–water partition coefficient (Wildman–Crippen LogP) is 3.77. The lowest BCUT2D eigenvalue weighted by atomic mass is 10.1. The topological polar surface area (TPSA) is 22.1 Å². The molecule has 1 unspecified atom stereocenters. The molecule has 0 saturated heterocycles. The summed E-state index contributed by atoms with van der Waals surface area (Å²) in [5.74, 6) is 0.742. The highest BCUT2D eigenvalue weighted by Gasteiger charge is 2.08. The van der Waals surface area contributed by atoms with Gasteiger partial charge in [0.05, 0.1) is 18.7 Å². The molecule has 4 heteroatoms. The molecule has 0 aliphatic carbocycles. The summed E-state index contributed by atoms with van der Waals surface area (Å²) in [4.78, 5) is 3.90. The zero-order valence-electron chi connectivity index (χ0n) is 9.67. The van der Waals surface area contributed by atoms with Crippen LogP contribution in [0.5, 0.6) is 5.88 Å². The van der Waals surface area contributed by atoms with Crippen LogP contribution in [0, 0.1) is 11.7 Å². The van der Waals surface area contributed by atoms with Crippen molar-refractivity contribution in [2.45, 2.75) is 32.6 Å². The first-order valence-corrected chi connectivity index (χ1v) is 6.04. The Morgan fingerprint density at radius 3 is 2.94 bits per heavy atom. The fraction of sp³-hybridized carbons (Fsp3) is 0.583. The summed E-state index contributed by atoms with van der Waals surface area (Å²) in [5, 5.41) is 0. The second kappa shape index (κ2) is 6.69. The van der Waals surface area contributed by atoms with Crippen molar-refractivity contribution in [3.8, 4) is 5.88 Å². The molecule has 1 aromatic heterocycles. The first kappa shape index (κ1) is 13.2. The van der Waals surface area contributed by atoms with E-state index in [4.69, 9.17) is 16.3 Å². The lowest BCUT2D eigenvalue weighted by Gasteiger charge is -2.13. The number of rotatable bonds is 6. The van der Waals surface area contributed by atoms with Crippen LogP contribution >= 0.6 is 11.6 Å². The largest absolute Gasteiger partial charge is 0.477 e. The maximum Gasteiger partial charge on any atom is 0.217 e. The zero-order chi connectivity index (χ0) is 12.0. The Morgan fingerprint density at radius 2 is 2.31 bits per heavy atom. The molecule has 1 heterocycles. The number of nitrogens with zero attached hydrogens (tertiary/aromatic N) is 1. The molecule has 90 valence electrons. The molecule has 1 atom stereocenters. The van der Waals surface area contributed by atoms with Crippen molar-refractivity contribution >= 4 is 11.6 Å². The van der Waals surface area contributed by atoms with Crippen molar-refractivity contribution in [2.24, 2.45) is 5.92 Å². The third-order valence-electron chi connectivity index (χ3n) is 2.32. The average Bonchev–Trinajstić information content (AvgIpc) is 2.27. The first-order chi connectivity index (χ1) is 7.67. The molecule has 1 rings (SSSR count). The van der Waals surface area contributed by atoms with Gasteiger partial charge < -0.3 is 4.74 Å². The van der Waals surface area contributed by atoms with Crippen molar-refractivity contribution in [3.05, 3.63) is 23.6 Å². The van der Waals surface area contributed by atoms with Gasteiger partial charge in [0.2, 0.25) is 5.88 Å². The maximum atomic E-state index is 12.9. The Labute approximate surface area is 101 Å². The molecule has 0 N–H and O–H groups in total. The minimum absolute atomic E-state index is 0.211. The summed E-state index contributed by atoms with van der Waals surface area (Å²) in [6, 6.07) is 1.36. The monoisotopic (exact) mass is 245 g/mol. The molecular formula is C12H17ClFNO. The number of hydrogen-bond donors (Lipinski definition) is 0. The Balaban J connectivity index is 2.59. The van der Waals surface area contributed by atoms with Crippen molar-refractivity contribution in [1.82, 2.24) is 4.98 Å². The van der Waals surface area contributed by atoms with Gasteiger partial charge in [-0.2, -0.15) is 0 Å². The minimum atomic E-state index is -0.385. The van der Waals surface area contributed by atoms with Crippen molar-refractivity contribution < 1.29 is 9.13 Å². The van der Waals surface area contributed by atoms with Crippen LogP contribution in [-0.2, 0) is 5.88 Å². The molecule has 0 amide bonds. The second-order valence-electron chi connectivity index (χ2n) is 3.96. The molecule has 0 bridgehead atoms. The van der Waals surface area contributed by atoms with Crippen molar-refractivity contribution in [1.29, 1.82) is 0 Å². The van der Waals surface area contributed by atoms with Gasteiger partial charge in [-0.3, -0.25) is 0 Å². The quantitative estimate of drug-likeness (QED) is 0.712. The highest BCUT2D eigenvalue weighted by molar-refractivity contribution is 6.17. The van der Waals surface area contributed by atoms with E-state index in [0.29, 0.717) is 24.0 Å². The van der Waals surface area contributed by atoms with E-state index in [2.05, 4.69) is 18.8 Å². The van der Waals surface area contributed by atoms with Gasteiger partial charge >= 0.3 is 0 Å². The van der Waals surface area contributed by atoms with Crippen molar-refractivity contribution in [2.75, 3.05) is 6.61 Å². The molecule has 16 heavy (non-hydrogen) atoms. The fourth-order valence-electron chi connectivity index (χ4n) is 1.49. The Kier molecular flexibility index (Phi) is 5.53. The maximum absolute atomic E-state index is 12.9. The minimum Gasteiger partial charge on any atom is -0.477 e. The van der Waals surface area contributed by atoms with E-state index in [1.807, 2.05) is 0 Å². The molecule has 2 nitrogen and oxygen atoms in total. The van der Waals surface area contributed by atoms with E-state index in [-0.39, 0.29) is 11.7 Å². The lowest BCUT2D eigenvalue weighted by molar-refractivity contribution is 0.241. The molecule has 0 radical (unpaired) electrons. The molecular weight excluding hydrogens is 229 g/mol. The molecule has 0 saturated carbocycles. The van der Waals surface area contributed by atoms with E-state index in [1.165, 1.54) is 6.07 Å².